The minimum Gasteiger partial charge on any atom is -0.308 e. The molecule has 0 saturated carbocycles. The number of fused-ring (bicyclic) bond motifs is 1. The van der Waals surface area contributed by atoms with Crippen molar-refractivity contribution in [3.63, 3.8) is 0 Å². The van der Waals surface area contributed by atoms with E-state index in [1.54, 1.807) is 0 Å². The number of aromatic nitrogens is 2. The van der Waals surface area contributed by atoms with Gasteiger partial charge in [0.15, 0.2) is 0 Å². The van der Waals surface area contributed by atoms with Crippen LogP contribution >= 0.6 is 0 Å². The Labute approximate surface area is 126 Å². The lowest BCUT2D eigenvalue weighted by Crippen LogP contribution is -2.52. The second-order valence-corrected chi connectivity index (χ2v) is 6.43. The number of nitrogen functional groups attached to an aromatic ring is 1. The molecule has 2 unspecified atom stereocenters. The number of anilines is 1. The summed E-state index contributed by atoms with van der Waals surface area (Å²) in [6, 6.07) is 2.64. The highest BCUT2D eigenvalue weighted by Crippen LogP contribution is 2.29. The molecule has 6 nitrogen and oxygen atoms in total. The molecule has 0 aliphatic carbocycles. The summed E-state index contributed by atoms with van der Waals surface area (Å²) in [5, 5.41) is 0. The van der Waals surface area contributed by atoms with Gasteiger partial charge >= 0.3 is 0 Å². The van der Waals surface area contributed by atoms with E-state index in [2.05, 4.69) is 32.2 Å². The first-order valence-corrected chi connectivity index (χ1v) is 7.89. The molecule has 0 aromatic carbocycles. The molecule has 1 aromatic rings. The predicted molar refractivity (Wildman–Crippen MR) is 83.6 cm³/mol. The largest absolute Gasteiger partial charge is 0.308 e. The Kier molecular flexibility index (Phi) is 4.37. The van der Waals surface area contributed by atoms with Gasteiger partial charge in [-0.15, -0.1) is 0 Å². The van der Waals surface area contributed by atoms with Gasteiger partial charge in [0.1, 0.15) is 11.6 Å². The van der Waals surface area contributed by atoms with Crippen molar-refractivity contribution in [1.29, 1.82) is 0 Å². The number of nitrogens with one attached hydrogen (secondary N) is 1. The van der Waals surface area contributed by atoms with Crippen LogP contribution in [0, 0.1) is 12.8 Å². The standard InChI is InChI=1S/C15H26N6/c1-11-8-14(19-16)18-15(17-11)10-21-7-5-13-12(9-21)4-3-6-20(13)2/h8,12-13H,3-7,9-10,16H2,1-2H3,(H,17,18,19). The fourth-order valence-electron chi connectivity index (χ4n) is 3.85. The van der Waals surface area contributed by atoms with Gasteiger partial charge in [-0.2, -0.15) is 0 Å². The molecule has 21 heavy (non-hydrogen) atoms. The molecule has 3 rings (SSSR count). The maximum Gasteiger partial charge on any atom is 0.145 e. The van der Waals surface area contributed by atoms with Crippen molar-refractivity contribution in [1.82, 2.24) is 19.8 Å². The van der Waals surface area contributed by atoms with Crippen molar-refractivity contribution in [3.05, 3.63) is 17.6 Å². The number of hydrazine groups is 1. The van der Waals surface area contributed by atoms with Gasteiger partial charge in [0.05, 0.1) is 6.54 Å². The van der Waals surface area contributed by atoms with E-state index < -0.39 is 0 Å². The summed E-state index contributed by atoms with van der Waals surface area (Å²) in [5.74, 6) is 7.83. The van der Waals surface area contributed by atoms with Crippen LogP contribution in [0.1, 0.15) is 30.8 Å². The number of hydrogen-bond donors (Lipinski definition) is 2. The SMILES string of the molecule is Cc1cc(NN)nc(CN2CCC3C(CCCN3C)C2)n1. The van der Waals surface area contributed by atoms with E-state index in [4.69, 9.17) is 5.84 Å². The lowest BCUT2D eigenvalue weighted by molar-refractivity contribution is 0.0345. The van der Waals surface area contributed by atoms with E-state index >= 15 is 0 Å². The molecule has 2 aliphatic heterocycles. The Balaban J connectivity index is 1.65. The zero-order valence-electron chi connectivity index (χ0n) is 13.0. The number of piperidine rings is 2. The van der Waals surface area contributed by atoms with E-state index in [1.165, 1.54) is 25.8 Å². The molecule has 2 saturated heterocycles. The molecule has 6 heteroatoms. The molecule has 3 N–H and O–H groups in total. The molecule has 0 amide bonds. The second kappa shape index (κ2) is 6.25. The first-order chi connectivity index (χ1) is 10.2. The van der Waals surface area contributed by atoms with Gasteiger partial charge in [-0.3, -0.25) is 4.90 Å². The number of aryl methyl sites for hydroxylation is 1. The molecule has 0 spiro atoms. The molecule has 2 aliphatic rings. The van der Waals surface area contributed by atoms with Crippen molar-refractivity contribution < 1.29 is 0 Å². The molecule has 2 atom stereocenters. The first kappa shape index (κ1) is 14.7. The van der Waals surface area contributed by atoms with Gasteiger partial charge in [-0.25, -0.2) is 15.8 Å². The fraction of sp³-hybridized carbons (Fsp3) is 0.733. The Morgan fingerprint density at radius 3 is 3.00 bits per heavy atom. The van der Waals surface area contributed by atoms with Crippen molar-refractivity contribution in [2.24, 2.45) is 11.8 Å². The minimum atomic E-state index is 0.699. The van der Waals surface area contributed by atoms with Gasteiger partial charge in [-0.05, 0) is 45.7 Å². The topological polar surface area (TPSA) is 70.3 Å². The third-order valence-corrected chi connectivity index (χ3v) is 4.84. The zero-order chi connectivity index (χ0) is 14.8. The molecule has 116 valence electrons. The highest BCUT2D eigenvalue weighted by molar-refractivity contribution is 5.33. The average molecular weight is 290 g/mol. The Bertz CT molecular complexity index is 491. The summed E-state index contributed by atoms with van der Waals surface area (Å²) in [6.45, 7) is 6.36. The zero-order valence-corrected chi connectivity index (χ0v) is 13.0. The van der Waals surface area contributed by atoms with Gasteiger partial charge < -0.3 is 10.3 Å². The Morgan fingerprint density at radius 2 is 2.19 bits per heavy atom. The van der Waals surface area contributed by atoms with Gasteiger partial charge in [0.25, 0.3) is 0 Å². The summed E-state index contributed by atoms with van der Waals surface area (Å²) in [6.07, 6.45) is 3.94. The Morgan fingerprint density at radius 1 is 1.33 bits per heavy atom. The normalized spacial score (nSPS) is 27.4. The fourth-order valence-corrected chi connectivity index (χ4v) is 3.85. The number of likely N-dealkylation sites (tertiary alicyclic amines) is 2. The third-order valence-electron chi connectivity index (χ3n) is 4.84. The maximum atomic E-state index is 5.46. The first-order valence-electron chi connectivity index (χ1n) is 7.89. The minimum absolute atomic E-state index is 0.699. The molecule has 2 fully saturated rings. The number of rotatable bonds is 3. The molecule has 1 aromatic heterocycles. The van der Waals surface area contributed by atoms with Crippen LogP contribution in [0.4, 0.5) is 5.82 Å². The van der Waals surface area contributed by atoms with Crippen LogP contribution < -0.4 is 11.3 Å². The quantitative estimate of drug-likeness (QED) is 0.639. The van der Waals surface area contributed by atoms with Crippen LogP contribution in [-0.2, 0) is 6.54 Å². The number of nitrogens with two attached hydrogens (primary N) is 1. The lowest BCUT2D eigenvalue weighted by Gasteiger charge is -2.45. The summed E-state index contributed by atoms with van der Waals surface area (Å²) in [5.41, 5.74) is 3.58. The van der Waals surface area contributed by atoms with Crippen LogP contribution in [0.5, 0.6) is 0 Å². The van der Waals surface area contributed by atoms with Gasteiger partial charge in [-0.1, -0.05) is 0 Å². The lowest BCUT2D eigenvalue weighted by atomic mass is 9.84. The van der Waals surface area contributed by atoms with Crippen molar-refractivity contribution in [3.8, 4) is 0 Å². The van der Waals surface area contributed by atoms with Crippen LogP contribution in [0.25, 0.3) is 0 Å². The van der Waals surface area contributed by atoms with E-state index in [9.17, 15) is 0 Å². The summed E-state index contributed by atoms with van der Waals surface area (Å²) < 4.78 is 0. The molecular formula is C15H26N6. The van der Waals surface area contributed by atoms with E-state index in [-0.39, 0.29) is 0 Å². The van der Waals surface area contributed by atoms with Gasteiger partial charge in [0.2, 0.25) is 0 Å². The molecule has 3 heterocycles. The van der Waals surface area contributed by atoms with Crippen LogP contribution in [0.3, 0.4) is 0 Å². The average Bonchev–Trinajstić information content (AvgIpc) is 2.46. The summed E-state index contributed by atoms with van der Waals surface area (Å²) in [4.78, 5) is 14.0. The summed E-state index contributed by atoms with van der Waals surface area (Å²) >= 11 is 0. The third kappa shape index (κ3) is 3.33. The van der Waals surface area contributed by atoms with Crippen LogP contribution in [0.15, 0.2) is 6.07 Å². The highest BCUT2D eigenvalue weighted by Gasteiger charge is 2.34. The summed E-state index contributed by atoms with van der Waals surface area (Å²) in [7, 11) is 2.27. The van der Waals surface area contributed by atoms with Crippen LogP contribution in [0.2, 0.25) is 0 Å². The van der Waals surface area contributed by atoms with E-state index in [0.717, 1.165) is 43.1 Å². The monoisotopic (exact) mass is 290 g/mol. The maximum absolute atomic E-state index is 5.46. The molecular weight excluding hydrogens is 264 g/mol. The molecule has 0 radical (unpaired) electrons. The van der Waals surface area contributed by atoms with Crippen LogP contribution in [-0.4, -0.2) is 52.5 Å². The van der Waals surface area contributed by atoms with E-state index in [0.29, 0.717) is 5.82 Å². The van der Waals surface area contributed by atoms with Gasteiger partial charge in [0, 0.05) is 30.9 Å². The second-order valence-electron chi connectivity index (χ2n) is 6.43. The molecule has 0 bridgehead atoms. The van der Waals surface area contributed by atoms with Crippen molar-refractivity contribution in [2.45, 2.75) is 38.8 Å². The van der Waals surface area contributed by atoms with Crippen molar-refractivity contribution in [2.75, 3.05) is 32.1 Å². The van der Waals surface area contributed by atoms with Crippen molar-refractivity contribution >= 4 is 5.82 Å². The Hall–Kier alpha value is -1.24. The predicted octanol–water partition coefficient (Wildman–Crippen LogP) is 0.987. The highest BCUT2D eigenvalue weighted by atomic mass is 15.3. The number of hydrogen-bond acceptors (Lipinski definition) is 6. The van der Waals surface area contributed by atoms with E-state index in [1.807, 2.05) is 13.0 Å². The number of nitrogens with zero attached hydrogens (tertiary/aromatic N) is 4. The smallest absolute Gasteiger partial charge is 0.145 e.